The average molecular weight is 444 g/mol. The van der Waals surface area contributed by atoms with Crippen LogP contribution in [0.15, 0.2) is 63.9 Å². The predicted molar refractivity (Wildman–Crippen MR) is 113 cm³/mol. The second-order valence-corrected chi connectivity index (χ2v) is 8.37. The maximum atomic E-state index is 13.3. The molecule has 7 heteroatoms. The normalized spacial score (nSPS) is 16.9. The number of thioether (sulfide) groups is 1. The van der Waals surface area contributed by atoms with E-state index < -0.39 is 0 Å². The highest BCUT2D eigenvalue weighted by Crippen LogP contribution is 2.42. The van der Waals surface area contributed by atoms with Gasteiger partial charge in [0.25, 0.3) is 5.56 Å². The molecule has 0 unspecified atom stereocenters. The van der Waals surface area contributed by atoms with Crippen molar-refractivity contribution in [1.82, 2.24) is 9.36 Å². The van der Waals surface area contributed by atoms with E-state index in [1.165, 1.54) is 0 Å². The van der Waals surface area contributed by atoms with Gasteiger partial charge in [-0.2, -0.15) is 0 Å². The van der Waals surface area contributed by atoms with Crippen LogP contribution in [-0.4, -0.2) is 21.0 Å². The summed E-state index contributed by atoms with van der Waals surface area (Å²) in [6, 6.07) is 17.4. The smallest absolute Gasteiger partial charge is 0.288 e. The maximum Gasteiger partial charge on any atom is 0.295 e. The van der Waals surface area contributed by atoms with Gasteiger partial charge in [0.15, 0.2) is 0 Å². The van der Waals surface area contributed by atoms with Crippen molar-refractivity contribution in [3.05, 3.63) is 80.7 Å². The standard InChI is InChI=1S/C20H18BrN3O2S/c1-13-18(19(26)24(22(13)2)16-6-4-3-5-7-16)23-17(25)12-27-20(23)14-8-10-15(21)11-9-14/h3-11,20H,12H2,1-2H3/t20-/m1/s1. The van der Waals surface area contributed by atoms with Gasteiger partial charge in [0.1, 0.15) is 11.1 Å². The number of anilines is 1. The number of para-hydroxylation sites is 1. The number of hydrogen-bond acceptors (Lipinski definition) is 3. The third kappa shape index (κ3) is 3.04. The first-order chi connectivity index (χ1) is 13.0. The minimum absolute atomic E-state index is 0.0427. The minimum atomic E-state index is -0.205. The molecule has 2 heterocycles. The lowest BCUT2D eigenvalue weighted by Crippen LogP contribution is -2.33. The molecule has 1 aliphatic heterocycles. The number of rotatable bonds is 3. The molecule has 0 radical (unpaired) electrons. The lowest BCUT2D eigenvalue weighted by molar-refractivity contribution is -0.115. The van der Waals surface area contributed by atoms with Gasteiger partial charge in [-0.15, -0.1) is 11.8 Å². The Bertz CT molecular complexity index is 1060. The van der Waals surface area contributed by atoms with Crippen molar-refractivity contribution in [2.75, 3.05) is 10.7 Å². The number of carbonyl (C=O) groups is 1. The Hall–Kier alpha value is -2.25. The number of carbonyl (C=O) groups excluding carboxylic acids is 1. The molecule has 1 fully saturated rings. The van der Waals surface area contributed by atoms with Crippen LogP contribution in [0.3, 0.4) is 0 Å². The fourth-order valence-corrected chi connectivity index (χ4v) is 4.80. The summed E-state index contributed by atoms with van der Waals surface area (Å²) in [5.41, 5.74) is 2.81. The van der Waals surface area contributed by atoms with Crippen molar-refractivity contribution in [2.24, 2.45) is 7.05 Å². The highest BCUT2D eigenvalue weighted by molar-refractivity contribution is 9.10. The Labute approximate surface area is 169 Å². The molecule has 1 amide bonds. The molecule has 0 saturated carbocycles. The van der Waals surface area contributed by atoms with Crippen molar-refractivity contribution in [2.45, 2.75) is 12.3 Å². The summed E-state index contributed by atoms with van der Waals surface area (Å²) in [5, 5.41) is -0.205. The minimum Gasteiger partial charge on any atom is -0.288 e. The second kappa shape index (κ2) is 7.05. The monoisotopic (exact) mass is 443 g/mol. The summed E-state index contributed by atoms with van der Waals surface area (Å²) >= 11 is 4.99. The molecule has 5 nitrogen and oxygen atoms in total. The molecule has 2 aromatic carbocycles. The van der Waals surface area contributed by atoms with Crippen molar-refractivity contribution >= 4 is 39.3 Å². The van der Waals surface area contributed by atoms with Gasteiger partial charge >= 0.3 is 0 Å². The summed E-state index contributed by atoms with van der Waals surface area (Å²) in [5.74, 6) is 0.318. The zero-order chi connectivity index (χ0) is 19.1. The van der Waals surface area contributed by atoms with Gasteiger partial charge in [-0.25, -0.2) is 4.68 Å². The first-order valence-corrected chi connectivity index (χ1v) is 10.4. The summed E-state index contributed by atoms with van der Waals surface area (Å²) in [4.78, 5) is 27.7. The van der Waals surface area contributed by atoms with Gasteiger partial charge in [-0.3, -0.25) is 19.2 Å². The number of benzene rings is 2. The van der Waals surface area contributed by atoms with E-state index in [2.05, 4.69) is 15.9 Å². The number of hydrogen-bond donors (Lipinski definition) is 0. The average Bonchev–Trinajstić information content (AvgIpc) is 3.14. The molecule has 1 aliphatic rings. The lowest BCUT2D eigenvalue weighted by Gasteiger charge is -2.23. The van der Waals surface area contributed by atoms with E-state index in [9.17, 15) is 9.59 Å². The van der Waals surface area contributed by atoms with Crippen molar-refractivity contribution in [3.8, 4) is 5.69 Å². The Morgan fingerprint density at radius 2 is 1.70 bits per heavy atom. The number of halogens is 1. The van der Waals surface area contributed by atoms with Crippen LogP contribution in [0.1, 0.15) is 16.6 Å². The molecule has 0 bridgehead atoms. The van der Waals surface area contributed by atoms with Gasteiger partial charge in [0.2, 0.25) is 5.91 Å². The van der Waals surface area contributed by atoms with E-state index >= 15 is 0 Å². The fraction of sp³-hybridized carbons (Fsp3) is 0.200. The molecular weight excluding hydrogens is 426 g/mol. The number of nitrogens with zero attached hydrogens (tertiary/aromatic N) is 3. The Kier molecular flexibility index (Phi) is 4.74. The third-order valence-electron chi connectivity index (χ3n) is 4.79. The van der Waals surface area contributed by atoms with Gasteiger partial charge in [-0.1, -0.05) is 46.3 Å². The largest absolute Gasteiger partial charge is 0.295 e. The molecule has 1 atom stereocenters. The van der Waals surface area contributed by atoms with Gasteiger partial charge in [-0.05, 0) is 36.8 Å². The maximum absolute atomic E-state index is 13.3. The van der Waals surface area contributed by atoms with Crippen molar-refractivity contribution in [1.29, 1.82) is 0 Å². The van der Waals surface area contributed by atoms with E-state index in [1.807, 2.05) is 73.3 Å². The van der Waals surface area contributed by atoms with Crippen LogP contribution in [0.4, 0.5) is 5.69 Å². The number of aromatic nitrogens is 2. The van der Waals surface area contributed by atoms with E-state index in [-0.39, 0.29) is 16.8 Å². The molecular formula is C20H18BrN3O2S. The molecule has 0 spiro atoms. The summed E-state index contributed by atoms with van der Waals surface area (Å²) in [6.07, 6.45) is 0. The van der Waals surface area contributed by atoms with Crippen molar-refractivity contribution in [3.63, 3.8) is 0 Å². The summed E-state index contributed by atoms with van der Waals surface area (Å²) < 4.78 is 4.40. The molecule has 4 rings (SSSR count). The molecule has 138 valence electrons. The van der Waals surface area contributed by atoms with Crippen LogP contribution in [0.2, 0.25) is 0 Å². The topological polar surface area (TPSA) is 47.2 Å². The van der Waals surface area contributed by atoms with Crippen LogP contribution >= 0.6 is 27.7 Å². The predicted octanol–water partition coefficient (Wildman–Crippen LogP) is 4.03. The SMILES string of the molecule is Cc1c(N2C(=O)CS[C@@H]2c2ccc(Br)cc2)c(=O)n(-c2ccccc2)n1C. The van der Waals surface area contributed by atoms with Crippen LogP contribution in [-0.2, 0) is 11.8 Å². The summed E-state index contributed by atoms with van der Waals surface area (Å²) in [7, 11) is 1.84. The highest BCUT2D eigenvalue weighted by atomic mass is 79.9. The zero-order valence-electron chi connectivity index (χ0n) is 14.9. The Morgan fingerprint density at radius 1 is 1.04 bits per heavy atom. The fourth-order valence-electron chi connectivity index (χ4n) is 3.37. The first-order valence-electron chi connectivity index (χ1n) is 8.52. The van der Waals surface area contributed by atoms with Crippen LogP contribution in [0.5, 0.6) is 0 Å². The van der Waals surface area contributed by atoms with E-state index in [4.69, 9.17) is 0 Å². The van der Waals surface area contributed by atoms with E-state index in [1.54, 1.807) is 21.3 Å². The molecule has 1 aromatic heterocycles. The van der Waals surface area contributed by atoms with Crippen LogP contribution in [0, 0.1) is 6.92 Å². The van der Waals surface area contributed by atoms with Gasteiger partial charge in [0.05, 0.1) is 17.1 Å². The highest BCUT2D eigenvalue weighted by Gasteiger charge is 2.38. The molecule has 1 saturated heterocycles. The van der Waals surface area contributed by atoms with Gasteiger partial charge < -0.3 is 0 Å². The van der Waals surface area contributed by atoms with Crippen LogP contribution < -0.4 is 10.5 Å². The Balaban J connectivity index is 1.86. The Morgan fingerprint density at radius 3 is 2.37 bits per heavy atom. The third-order valence-corrected chi connectivity index (χ3v) is 6.53. The number of amides is 1. The quantitative estimate of drug-likeness (QED) is 0.613. The first kappa shape index (κ1) is 18.1. The van der Waals surface area contributed by atoms with E-state index in [0.29, 0.717) is 11.4 Å². The second-order valence-electron chi connectivity index (χ2n) is 6.39. The van der Waals surface area contributed by atoms with Crippen molar-refractivity contribution < 1.29 is 4.79 Å². The van der Waals surface area contributed by atoms with E-state index in [0.717, 1.165) is 21.4 Å². The summed E-state index contributed by atoms with van der Waals surface area (Å²) in [6.45, 7) is 1.88. The molecule has 27 heavy (non-hydrogen) atoms. The lowest BCUT2D eigenvalue weighted by atomic mass is 10.2. The van der Waals surface area contributed by atoms with Gasteiger partial charge in [0, 0.05) is 11.5 Å². The molecule has 0 aliphatic carbocycles. The molecule has 0 N–H and O–H groups in total. The van der Waals surface area contributed by atoms with Crippen LogP contribution in [0.25, 0.3) is 5.69 Å². The molecule has 3 aromatic rings. The zero-order valence-corrected chi connectivity index (χ0v) is 17.3.